The lowest BCUT2D eigenvalue weighted by Crippen LogP contribution is -2.41. The number of nitrogens with one attached hydrogen (secondary N) is 1. The van der Waals surface area contributed by atoms with Crippen LogP contribution >= 0.6 is 11.3 Å². The molecule has 1 aromatic rings. The molecule has 2 rings (SSSR count). The maximum absolute atomic E-state index is 11.5. The summed E-state index contributed by atoms with van der Waals surface area (Å²) in [5.41, 5.74) is 6.02. The lowest BCUT2D eigenvalue weighted by atomic mass is 9.93. The Bertz CT molecular complexity index is 567. The number of imide groups is 1. The third-order valence-corrected chi connectivity index (χ3v) is 4.57. The molecule has 1 atom stereocenters. The smallest absolute Gasteiger partial charge is 0.318 e. The van der Waals surface area contributed by atoms with Gasteiger partial charge in [0.2, 0.25) is 5.91 Å². The van der Waals surface area contributed by atoms with E-state index in [4.69, 9.17) is 15.5 Å². The third-order valence-electron chi connectivity index (χ3n) is 3.63. The Hall–Kier alpha value is -1.51. The summed E-state index contributed by atoms with van der Waals surface area (Å²) in [5.74, 6) is -0.357. The third kappa shape index (κ3) is 5.26. The van der Waals surface area contributed by atoms with Crippen LogP contribution in [-0.4, -0.2) is 48.1 Å². The fourth-order valence-corrected chi connectivity index (χ4v) is 3.38. The van der Waals surface area contributed by atoms with Crippen LogP contribution in [0.5, 0.6) is 0 Å². The van der Waals surface area contributed by atoms with E-state index in [2.05, 4.69) is 36.4 Å². The topological polar surface area (TPSA) is 97.6 Å². The number of hydrogen-bond donors (Lipinski definition) is 2. The van der Waals surface area contributed by atoms with Gasteiger partial charge in [-0.2, -0.15) is 0 Å². The summed E-state index contributed by atoms with van der Waals surface area (Å²) in [5, 5.41) is 5.13. The summed E-state index contributed by atoms with van der Waals surface area (Å²) in [4.78, 5) is 29.0. The van der Waals surface area contributed by atoms with Gasteiger partial charge in [0.1, 0.15) is 11.1 Å². The molecule has 0 saturated carbocycles. The first-order valence-corrected chi connectivity index (χ1v) is 8.53. The van der Waals surface area contributed by atoms with E-state index in [-0.39, 0.29) is 23.8 Å². The van der Waals surface area contributed by atoms with Gasteiger partial charge in [-0.3, -0.25) is 15.0 Å². The monoisotopic (exact) mass is 340 g/mol. The average Bonchev–Trinajstić information content (AvgIpc) is 2.94. The molecule has 23 heavy (non-hydrogen) atoms. The van der Waals surface area contributed by atoms with Gasteiger partial charge < -0.3 is 10.5 Å². The highest BCUT2D eigenvalue weighted by molar-refractivity contribution is 7.09. The normalized spacial score (nSPS) is 19.5. The first-order valence-electron chi connectivity index (χ1n) is 7.65. The van der Waals surface area contributed by atoms with Gasteiger partial charge in [-0.25, -0.2) is 9.78 Å². The molecule has 0 aromatic carbocycles. The Morgan fingerprint density at radius 1 is 1.52 bits per heavy atom. The van der Waals surface area contributed by atoms with Gasteiger partial charge in [-0.15, -0.1) is 11.3 Å². The Morgan fingerprint density at radius 2 is 2.26 bits per heavy atom. The molecule has 7 nitrogen and oxygen atoms in total. The van der Waals surface area contributed by atoms with Crippen LogP contribution in [-0.2, 0) is 14.9 Å². The van der Waals surface area contributed by atoms with Crippen LogP contribution in [0, 0.1) is 0 Å². The van der Waals surface area contributed by atoms with Crippen LogP contribution in [0.25, 0.3) is 0 Å². The highest BCUT2D eigenvalue weighted by atomic mass is 32.1. The number of nitrogens with two attached hydrogens (primary N) is 1. The minimum atomic E-state index is -0.813. The lowest BCUT2D eigenvalue weighted by Gasteiger charge is -2.31. The van der Waals surface area contributed by atoms with E-state index in [9.17, 15) is 9.59 Å². The Labute approximate surface area is 140 Å². The van der Waals surface area contributed by atoms with Crippen LogP contribution in [0.4, 0.5) is 4.79 Å². The number of ether oxygens (including phenoxy) is 1. The van der Waals surface area contributed by atoms with Crippen LogP contribution in [0.1, 0.15) is 44.0 Å². The first kappa shape index (κ1) is 17.8. The zero-order valence-corrected chi connectivity index (χ0v) is 14.6. The molecule has 1 aliphatic heterocycles. The summed E-state index contributed by atoms with van der Waals surface area (Å²) >= 11 is 1.61. The maximum Gasteiger partial charge on any atom is 0.318 e. The molecule has 8 heteroatoms. The number of primary amides is 1. The molecule has 128 valence electrons. The minimum Gasteiger partial charge on any atom is -0.368 e. The highest BCUT2D eigenvalue weighted by Crippen LogP contribution is 2.30. The molecule has 0 bridgehead atoms. The number of hydrogen-bond acceptors (Lipinski definition) is 6. The summed E-state index contributed by atoms with van der Waals surface area (Å²) in [6.45, 7) is 9.04. The fraction of sp³-hybridized carbons (Fsp3) is 0.667. The number of carbonyl (C=O) groups is 2. The Kier molecular flexibility index (Phi) is 5.72. The minimum absolute atomic E-state index is 0.0238. The van der Waals surface area contributed by atoms with Crippen molar-refractivity contribution in [1.82, 2.24) is 15.2 Å². The molecule has 2 heterocycles. The number of carbonyl (C=O) groups excluding carboxylic acids is 2. The van der Waals surface area contributed by atoms with Crippen LogP contribution in [0.3, 0.4) is 0 Å². The molecular formula is C15H24N4O3S. The van der Waals surface area contributed by atoms with Gasteiger partial charge in [0.25, 0.3) is 0 Å². The molecule has 0 unspecified atom stereocenters. The Balaban J connectivity index is 1.89. The summed E-state index contributed by atoms with van der Waals surface area (Å²) < 4.78 is 5.82. The number of morpholine rings is 1. The number of amides is 3. The molecule has 1 saturated heterocycles. The summed E-state index contributed by atoms with van der Waals surface area (Å²) in [7, 11) is 0. The van der Waals surface area contributed by atoms with Gasteiger partial charge in [0.05, 0.1) is 12.3 Å². The molecule has 1 aromatic heterocycles. The van der Waals surface area contributed by atoms with E-state index in [1.807, 2.05) is 0 Å². The zero-order valence-electron chi connectivity index (χ0n) is 13.8. The van der Waals surface area contributed by atoms with E-state index < -0.39 is 6.03 Å². The highest BCUT2D eigenvalue weighted by Gasteiger charge is 2.26. The van der Waals surface area contributed by atoms with Gasteiger partial charge >= 0.3 is 6.03 Å². The predicted octanol–water partition coefficient (Wildman–Crippen LogP) is 1.40. The second kappa shape index (κ2) is 7.37. The van der Waals surface area contributed by atoms with E-state index in [0.29, 0.717) is 19.7 Å². The number of nitrogens with zero attached hydrogens (tertiary/aromatic N) is 2. The molecule has 0 aliphatic carbocycles. The van der Waals surface area contributed by atoms with Crippen molar-refractivity contribution in [1.29, 1.82) is 0 Å². The quantitative estimate of drug-likeness (QED) is 0.863. The molecule has 1 aliphatic rings. The molecule has 1 fully saturated rings. The van der Waals surface area contributed by atoms with Crippen molar-refractivity contribution < 1.29 is 14.3 Å². The maximum atomic E-state index is 11.5. The zero-order chi connectivity index (χ0) is 17.0. The molecule has 3 N–H and O–H groups in total. The van der Waals surface area contributed by atoms with Crippen molar-refractivity contribution >= 4 is 23.3 Å². The Morgan fingerprint density at radius 3 is 2.87 bits per heavy atom. The molecule has 0 radical (unpaired) electrons. The van der Waals surface area contributed by atoms with Crippen molar-refractivity contribution in [2.24, 2.45) is 5.73 Å². The first-order chi connectivity index (χ1) is 10.8. The molecule has 3 amide bonds. The van der Waals surface area contributed by atoms with Crippen molar-refractivity contribution in [2.45, 2.75) is 38.7 Å². The summed E-state index contributed by atoms with van der Waals surface area (Å²) in [6, 6.07) is -0.813. The van der Waals surface area contributed by atoms with E-state index in [0.717, 1.165) is 17.2 Å². The van der Waals surface area contributed by atoms with Crippen LogP contribution in [0.15, 0.2) is 5.38 Å². The van der Waals surface area contributed by atoms with Crippen molar-refractivity contribution in [3.8, 4) is 0 Å². The van der Waals surface area contributed by atoms with Crippen LogP contribution in [0.2, 0.25) is 0 Å². The lowest BCUT2D eigenvalue weighted by molar-refractivity contribution is -0.120. The molecule has 0 spiro atoms. The van der Waals surface area contributed by atoms with Crippen molar-refractivity contribution in [2.75, 3.05) is 26.2 Å². The number of rotatable bonds is 4. The van der Waals surface area contributed by atoms with Gasteiger partial charge in [0, 0.05) is 36.9 Å². The second-order valence-corrected chi connectivity index (χ2v) is 7.53. The van der Waals surface area contributed by atoms with Crippen LogP contribution < -0.4 is 11.1 Å². The standard InChI is InChI=1S/C15H24N4O3S/c1-15(2,3)11-9-23-13(17-11)10-8-19(6-7-22-10)5-4-12(20)18-14(16)21/h9-10H,4-8H2,1-3H3,(H3,16,18,20,21)/t10-/m0/s1. The molecular weight excluding hydrogens is 316 g/mol. The largest absolute Gasteiger partial charge is 0.368 e. The number of aromatic nitrogens is 1. The van der Waals surface area contributed by atoms with E-state index >= 15 is 0 Å². The van der Waals surface area contributed by atoms with Gasteiger partial charge in [-0.1, -0.05) is 20.8 Å². The summed E-state index contributed by atoms with van der Waals surface area (Å²) in [6.07, 6.45) is 0.171. The second-order valence-electron chi connectivity index (χ2n) is 6.64. The number of thiazole rings is 1. The average molecular weight is 340 g/mol. The SMILES string of the molecule is CC(C)(C)c1csc([C@@H]2CN(CCC(=O)NC(N)=O)CCO2)n1. The number of urea groups is 1. The fourth-order valence-electron chi connectivity index (χ4n) is 2.29. The van der Waals surface area contributed by atoms with Gasteiger partial charge in [0.15, 0.2) is 0 Å². The predicted molar refractivity (Wildman–Crippen MR) is 88.3 cm³/mol. The van der Waals surface area contributed by atoms with E-state index in [1.165, 1.54) is 0 Å². The van der Waals surface area contributed by atoms with Gasteiger partial charge in [-0.05, 0) is 0 Å². The van der Waals surface area contributed by atoms with Crippen molar-refractivity contribution in [3.05, 3.63) is 16.1 Å². The van der Waals surface area contributed by atoms with E-state index in [1.54, 1.807) is 11.3 Å². The van der Waals surface area contributed by atoms with Crippen molar-refractivity contribution in [3.63, 3.8) is 0 Å².